The van der Waals surface area contributed by atoms with Gasteiger partial charge >= 0.3 is 0 Å². The predicted molar refractivity (Wildman–Crippen MR) is 70.2 cm³/mol. The van der Waals surface area contributed by atoms with Gasteiger partial charge in [-0.25, -0.2) is 0 Å². The van der Waals surface area contributed by atoms with Crippen molar-refractivity contribution in [2.24, 2.45) is 0 Å². The minimum Gasteiger partial charge on any atom is -0.398 e. The van der Waals surface area contributed by atoms with E-state index in [0.29, 0.717) is 0 Å². The van der Waals surface area contributed by atoms with Crippen LogP contribution in [0.4, 0.5) is 5.69 Å². The molecule has 1 nitrogen and oxygen atoms in total. The molecule has 0 aliphatic carbocycles. The maximum absolute atomic E-state index is 6.00. The largest absolute Gasteiger partial charge is 0.398 e. The Kier molecular flexibility index (Phi) is 3.06. The van der Waals surface area contributed by atoms with E-state index < -0.39 is 0 Å². The van der Waals surface area contributed by atoms with Crippen molar-refractivity contribution in [3.05, 3.63) is 71.8 Å². The normalized spacial score (nSPS) is 10.0. The van der Waals surface area contributed by atoms with E-state index in [1.54, 1.807) is 0 Å². The molecule has 0 aromatic heterocycles. The second-order valence-electron chi connectivity index (χ2n) is 3.78. The van der Waals surface area contributed by atoms with Gasteiger partial charge in [-0.1, -0.05) is 55.1 Å². The Hall–Kier alpha value is -2.02. The molecule has 0 atom stereocenters. The van der Waals surface area contributed by atoms with Crippen molar-refractivity contribution in [1.29, 1.82) is 0 Å². The first-order valence-corrected chi connectivity index (χ1v) is 5.35. The Morgan fingerprint density at radius 1 is 1.00 bits per heavy atom. The smallest absolute Gasteiger partial charge is 0.0355 e. The second-order valence-corrected chi connectivity index (χ2v) is 3.78. The predicted octanol–water partition coefficient (Wildman–Crippen LogP) is 3.50. The van der Waals surface area contributed by atoms with Gasteiger partial charge in [-0.2, -0.15) is 0 Å². The van der Waals surface area contributed by atoms with Gasteiger partial charge in [0.1, 0.15) is 0 Å². The van der Waals surface area contributed by atoms with E-state index in [2.05, 4.69) is 18.7 Å². The number of anilines is 1. The van der Waals surface area contributed by atoms with Gasteiger partial charge in [-0.3, -0.25) is 0 Å². The Bertz CT molecular complexity index is 486. The highest BCUT2D eigenvalue weighted by Crippen LogP contribution is 2.21. The molecule has 0 bridgehead atoms. The number of hydrogen-bond acceptors (Lipinski definition) is 1. The molecule has 0 saturated heterocycles. The van der Waals surface area contributed by atoms with Gasteiger partial charge in [0.25, 0.3) is 0 Å². The number of hydrogen-bond donors (Lipinski definition) is 1. The molecule has 2 rings (SSSR count). The number of nitrogens with two attached hydrogens (primary N) is 1. The van der Waals surface area contributed by atoms with E-state index in [1.165, 1.54) is 5.56 Å². The highest BCUT2D eigenvalue weighted by Gasteiger charge is 2.04. The highest BCUT2D eigenvalue weighted by molar-refractivity contribution is 5.62. The fourth-order valence-electron chi connectivity index (χ4n) is 1.82. The molecule has 0 aliphatic heterocycles. The van der Waals surface area contributed by atoms with Crippen LogP contribution in [0.1, 0.15) is 16.7 Å². The molecule has 0 radical (unpaired) electrons. The van der Waals surface area contributed by atoms with Crippen LogP contribution in [-0.2, 0) is 6.42 Å². The van der Waals surface area contributed by atoms with Crippen molar-refractivity contribution in [3.8, 4) is 0 Å². The molecule has 80 valence electrons. The Balaban J connectivity index is 2.38. The van der Waals surface area contributed by atoms with Crippen molar-refractivity contribution in [3.63, 3.8) is 0 Å². The zero-order valence-electron chi connectivity index (χ0n) is 9.19. The molecule has 0 aliphatic rings. The monoisotopic (exact) mass is 209 g/mol. The minimum atomic E-state index is 0.834. The Morgan fingerprint density at radius 2 is 1.75 bits per heavy atom. The van der Waals surface area contributed by atoms with E-state index >= 15 is 0 Å². The first-order valence-electron chi connectivity index (χ1n) is 5.35. The van der Waals surface area contributed by atoms with Gasteiger partial charge in [-0.15, -0.1) is 0 Å². The van der Waals surface area contributed by atoms with Gasteiger partial charge in [0.15, 0.2) is 0 Å². The Morgan fingerprint density at radius 3 is 2.44 bits per heavy atom. The summed E-state index contributed by atoms with van der Waals surface area (Å²) in [6.45, 7) is 3.82. The summed E-state index contributed by atoms with van der Waals surface area (Å²) in [5.74, 6) is 0. The highest BCUT2D eigenvalue weighted by atomic mass is 14.6. The molecule has 0 saturated carbocycles. The first kappa shape index (κ1) is 10.5. The van der Waals surface area contributed by atoms with Gasteiger partial charge < -0.3 is 5.73 Å². The summed E-state index contributed by atoms with van der Waals surface area (Å²) in [5, 5.41) is 0. The maximum atomic E-state index is 6.00. The summed E-state index contributed by atoms with van der Waals surface area (Å²) >= 11 is 0. The SMILES string of the molecule is C=Cc1cccc(N)c1Cc1ccccc1. The van der Waals surface area contributed by atoms with Crippen LogP contribution in [0.25, 0.3) is 6.08 Å². The molecule has 0 unspecified atom stereocenters. The van der Waals surface area contributed by atoms with Crippen molar-refractivity contribution in [1.82, 2.24) is 0 Å². The minimum absolute atomic E-state index is 0.834. The summed E-state index contributed by atoms with van der Waals surface area (Å²) in [6.07, 6.45) is 2.71. The third-order valence-corrected chi connectivity index (χ3v) is 2.69. The molecule has 2 N–H and O–H groups in total. The lowest BCUT2D eigenvalue weighted by Crippen LogP contribution is -1.98. The zero-order valence-corrected chi connectivity index (χ0v) is 9.19. The molecule has 2 aromatic carbocycles. The number of nitrogen functional groups attached to an aromatic ring is 1. The molecule has 0 amide bonds. The summed E-state index contributed by atoms with van der Waals surface area (Å²) in [7, 11) is 0. The van der Waals surface area contributed by atoms with E-state index in [4.69, 9.17) is 5.73 Å². The average Bonchev–Trinajstić information content (AvgIpc) is 2.33. The molecule has 0 fully saturated rings. The molecular formula is C15H15N. The lowest BCUT2D eigenvalue weighted by atomic mass is 9.98. The second kappa shape index (κ2) is 4.67. The van der Waals surface area contributed by atoms with E-state index in [1.807, 2.05) is 42.5 Å². The van der Waals surface area contributed by atoms with Crippen LogP contribution in [0.3, 0.4) is 0 Å². The van der Waals surface area contributed by atoms with E-state index in [-0.39, 0.29) is 0 Å². The van der Waals surface area contributed by atoms with Gasteiger partial charge in [0.2, 0.25) is 0 Å². The summed E-state index contributed by atoms with van der Waals surface area (Å²) in [4.78, 5) is 0. The van der Waals surface area contributed by atoms with Crippen LogP contribution in [0.2, 0.25) is 0 Å². The summed E-state index contributed by atoms with van der Waals surface area (Å²) < 4.78 is 0. The van der Waals surface area contributed by atoms with Gasteiger partial charge in [0, 0.05) is 12.1 Å². The Labute approximate surface area is 96.2 Å². The third kappa shape index (κ3) is 2.14. The van der Waals surface area contributed by atoms with Crippen LogP contribution in [0, 0.1) is 0 Å². The number of rotatable bonds is 3. The standard InChI is InChI=1S/C15H15N/c1-2-13-9-6-10-15(16)14(13)11-12-7-4-3-5-8-12/h2-10H,1,11,16H2. The van der Waals surface area contributed by atoms with Crippen molar-refractivity contribution in [2.45, 2.75) is 6.42 Å². The third-order valence-electron chi connectivity index (χ3n) is 2.69. The molecule has 16 heavy (non-hydrogen) atoms. The van der Waals surface area contributed by atoms with Crippen LogP contribution < -0.4 is 5.73 Å². The van der Waals surface area contributed by atoms with Gasteiger partial charge in [0.05, 0.1) is 0 Å². The maximum Gasteiger partial charge on any atom is 0.0355 e. The topological polar surface area (TPSA) is 26.0 Å². The average molecular weight is 209 g/mol. The van der Waals surface area contributed by atoms with E-state index in [9.17, 15) is 0 Å². The molecule has 0 spiro atoms. The molecule has 1 heteroatoms. The van der Waals surface area contributed by atoms with Crippen molar-refractivity contribution < 1.29 is 0 Å². The van der Waals surface area contributed by atoms with Crippen LogP contribution in [0.5, 0.6) is 0 Å². The van der Waals surface area contributed by atoms with Crippen LogP contribution >= 0.6 is 0 Å². The fourth-order valence-corrected chi connectivity index (χ4v) is 1.82. The van der Waals surface area contributed by atoms with Gasteiger partial charge in [-0.05, 0) is 22.8 Å². The van der Waals surface area contributed by atoms with Crippen molar-refractivity contribution in [2.75, 3.05) is 5.73 Å². The summed E-state index contributed by atoms with van der Waals surface area (Å²) in [6, 6.07) is 16.3. The molecule has 0 heterocycles. The fraction of sp³-hybridized carbons (Fsp3) is 0.0667. The van der Waals surface area contributed by atoms with Crippen molar-refractivity contribution >= 4 is 11.8 Å². The van der Waals surface area contributed by atoms with E-state index in [0.717, 1.165) is 23.2 Å². The quantitative estimate of drug-likeness (QED) is 0.769. The lowest BCUT2D eigenvalue weighted by molar-refractivity contribution is 1.19. The summed E-state index contributed by atoms with van der Waals surface area (Å²) in [5.41, 5.74) is 10.4. The number of benzene rings is 2. The molecule has 2 aromatic rings. The van der Waals surface area contributed by atoms with Crippen LogP contribution in [-0.4, -0.2) is 0 Å². The van der Waals surface area contributed by atoms with Crippen LogP contribution in [0.15, 0.2) is 55.1 Å². The first-order chi connectivity index (χ1) is 7.81. The molecular weight excluding hydrogens is 194 g/mol. The zero-order chi connectivity index (χ0) is 11.4. The lowest BCUT2D eigenvalue weighted by Gasteiger charge is -2.09.